The van der Waals surface area contributed by atoms with E-state index in [2.05, 4.69) is 32.3 Å². The fourth-order valence-electron chi connectivity index (χ4n) is 3.58. The monoisotopic (exact) mass is 382 g/mol. The summed E-state index contributed by atoms with van der Waals surface area (Å²) >= 11 is 1.19. The summed E-state index contributed by atoms with van der Waals surface area (Å²) in [6.07, 6.45) is 3.82. The van der Waals surface area contributed by atoms with Crippen molar-refractivity contribution < 1.29 is 9.90 Å². The van der Waals surface area contributed by atoms with Gasteiger partial charge in [0.25, 0.3) is 0 Å². The van der Waals surface area contributed by atoms with Gasteiger partial charge < -0.3 is 15.3 Å². The molecule has 2 N–H and O–H groups in total. The van der Waals surface area contributed by atoms with Crippen molar-refractivity contribution in [3.8, 4) is 0 Å². The number of carboxylic acid groups (broad SMARTS) is 1. The molecule has 1 aliphatic heterocycles. The topological polar surface area (TPSA) is 78.4 Å². The van der Waals surface area contributed by atoms with Crippen molar-refractivity contribution in [2.75, 3.05) is 23.3 Å². The summed E-state index contributed by atoms with van der Waals surface area (Å²) in [6, 6.07) is 8.35. The number of nitrogens with one attached hydrogen (secondary N) is 1. The number of aromatic nitrogens is 2. The summed E-state index contributed by atoms with van der Waals surface area (Å²) in [5.41, 5.74) is 2.87. The number of fused-ring (bicyclic) bond motifs is 1. The van der Waals surface area contributed by atoms with Gasteiger partial charge in [-0.15, -0.1) is 11.3 Å². The molecule has 1 fully saturated rings. The SMILES string of the molecule is Cc1nc(Nc2ccc(N3CCCCC3)cc2)c2c(C)c(C(=O)O)sc2n1. The van der Waals surface area contributed by atoms with Gasteiger partial charge >= 0.3 is 5.97 Å². The van der Waals surface area contributed by atoms with Crippen molar-refractivity contribution in [1.29, 1.82) is 0 Å². The maximum absolute atomic E-state index is 11.5. The zero-order chi connectivity index (χ0) is 19.0. The third-order valence-electron chi connectivity index (χ3n) is 4.95. The molecular formula is C20H22N4O2S. The van der Waals surface area contributed by atoms with Gasteiger partial charge in [-0.05, 0) is 62.9 Å². The summed E-state index contributed by atoms with van der Waals surface area (Å²) in [6.45, 7) is 5.86. The molecule has 1 aliphatic rings. The van der Waals surface area contributed by atoms with Crippen LogP contribution in [0.3, 0.4) is 0 Å². The third kappa shape index (κ3) is 3.47. The maximum Gasteiger partial charge on any atom is 0.346 e. The summed E-state index contributed by atoms with van der Waals surface area (Å²) < 4.78 is 0. The lowest BCUT2D eigenvalue weighted by molar-refractivity contribution is 0.0701. The largest absolute Gasteiger partial charge is 0.477 e. The molecular weight excluding hydrogens is 360 g/mol. The van der Waals surface area contributed by atoms with Crippen LogP contribution in [0.15, 0.2) is 24.3 Å². The number of nitrogens with zero attached hydrogens (tertiary/aromatic N) is 3. The van der Waals surface area contributed by atoms with Gasteiger partial charge in [0.05, 0.1) is 5.39 Å². The average molecular weight is 382 g/mol. The Kier molecular flexibility index (Phi) is 4.70. The molecule has 0 spiro atoms. The molecule has 3 heterocycles. The molecule has 0 aliphatic carbocycles. The van der Waals surface area contributed by atoms with Crippen molar-refractivity contribution in [3.63, 3.8) is 0 Å². The molecule has 1 saturated heterocycles. The van der Waals surface area contributed by atoms with Crippen molar-refractivity contribution >= 4 is 44.7 Å². The first-order valence-electron chi connectivity index (χ1n) is 9.16. The molecule has 4 rings (SSSR count). The van der Waals surface area contributed by atoms with Gasteiger partial charge in [-0.1, -0.05) is 0 Å². The number of benzene rings is 1. The lowest BCUT2D eigenvalue weighted by Gasteiger charge is -2.28. The Morgan fingerprint density at radius 3 is 2.48 bits per heavy atom. The average Bonchev–Trinajstić information content (AvgIpc) is 3.00. The van der Waals surface area contributed by atoms with E-state index in [9.17, 15) is 9.90 Å². The molecule has 3 aromatic rings. The standard InChI is InChI=1S/C20H22N4O2S/c1-12-16-18(21-13(2)22-19(16)27-17(12)20(25)26)23-14-6-8-15(9-7-14)24-10-4-3-5-11-24/h6-9H,3-5,10-11H2,1-2H3,(H,25,26)(H,21,22,23). The van der Waals surface area contributed by atoms with Crippen LogP contribution in [0.1, 0.15) is 40.3 Å². The van der Waals surface area contributed by atoms with Crippen molar-refractivity contribution in [3.05, 3.63) is 40.5 Å². The minimum absolute atomic E-state index is 0.313. The molecule has 6 nitrogen and oxygen atoms in total. The van der Waals surface area contributed by atoms with E-state index in [1.165, 1.54) is 36.3 Å². The molecule has 0 saturated carbocycles. The highest BCUT2D eigenvalue weighted by atomic mass is 32.1. The Morgan fingerprint density at radius 1 is 1.11 bits per heavy atom. The number of carboxylic acids is 1. The molecule has 1 aromatic carbocycles. The highest BCUT2D eigenvalue weighted by molar-refractivity contribution is 7.20. The van der Waals surface area contributed by atoms with Crippen LogP contribution in [-0.2, 0) is 0 Å². The molecule has 0 radical (unpaired) electrons. The molecule has 0 unspecified atom stereocenters. The number of carbonyl (C=O) groups is 1. The quantitative estimate of drug-likeness (QED) is 0.678. The molecule has 0 atom stereocenters. The minimum Gasteiger partial charge on any atom is -0.477 e. The van der Waals surface area contributed by atoms with Crippen LogP contribution in [0.2, 0.25) is 0 Å². The van der Waals surface area contributed by atoms with Crippen LogP contribution < -0.4 is 10.2 Å². The van der Waals surface area contributed by atoms with Gasteiger partial charge in [0.15, 0.2) is 0 Å². The van der Waals surface area contributed by atoms with Crippen LogP contribution in [0.4, 0.5) is 17.2 Å². The van der Waals surface area contributed by atoms with Gasteiger partial charge in [-0.25, -0.2) is 14.8 Å². The summed E-state index contributed by atoms with van der Waals surface area (Å²) in [5.74, 6) is 0.350. The summed E-state index contributed by atoms with van der Waals surface area (Å²) in [7, 11) is 0. The lowest BCUT2D eigenvalue weighted by atomic mass is 10.1. The first-order valence-corrected chi connectivity index (χ1v) is 9.97. The Bertz CT molecular complexity index is 991. The fourth-order valence-corrected chi connectivity index (χ4v) is 4.65. The van der Waals surface area contributed by atoms with E-state index in [1.54, 1.807) is 0 Å². The van der Waals surface area contributed by atoms with E-state index >= 15 is 0 Å². The van der Waals surface area contributed by atoms with Crippen LogP contribution in [0.5, 0.6) is 0 Å². The zero-order valence-corrected chi connectivity index (χ0v) is 16.3. The maximum atomic E-state index is 11.5. The van der Waals surface area contributed by atoms with E-state index < -0.39 is 5.97 Å². The smallest absolute Gasteiger partial charge is 0.346 e. The zero-order valence-electron chi connectivity index (χ0n) is 15.5. The van der Waals surface area contributed by atoms with Crippen LogP contribution >= 0.6 is 11.3 Å². The number of piperidine rings is 1. The first-order chi connectivity index (χ1) is 13.0. The molecule has 2 aromatic heterocycles. The first kappa shape index (κ1) is 17.7. The van der Waals surface area contributed by atoms with Gasteiger partial charge in [-0.2, -0.15) is 0 Å². The van der Waals surface area contributed by atoms with E-state index in [4.69, 9.17) is 0 Å². The van der Waals surface area contributed by atoms with Crippen LogP contribution in [0.25, 0.3) is 10.2 Å². The van der Waals surface area contributed by atoms with Crippen molar-refractivity contribution in [2.45, 2.75) is 33.1 Å². The second-order valence-electron chi connectivity index (χ2n) is 6.88. The Balaban J connectivity index is 1.65. The van der Waals surface area contributed by atoms with Crippen molar-refractivity contribution in [2.24, 2.45) is 0 Å². The predicted molar refractivity (Wildman–Crippen MR) is 110 cm³/mol. The summed E-state index contributed by atoms with van der Waals surface area (Å²) in [5, 5.41) is 13.5. The number of hydrogen-bond donors (Lipinski definition) is 2. The van der Waals surface area contributed by atoms with Gasteiger partial charge in [0.1, 0.15) is 21.3 Å². The number of aromatic carboxylic acids is 1. The van der Waals surface area contributed by atoms with Gasteiger partial charge in [0.2, 0.25) is 0 Å². The molecule has 0 amide bonds. The number of anilines is 3. The molecule has 0 bridgehead atoms. The number of hydrogen-bond acceptors (Lipinski definition) is 6. The summed E-state index contributed by atoms with van der Waals surface area (Å²) in [4.78, 5) is 23.8. The van der Waals surface area contributed by atoms with E-state index in [0.29, 0.717) is 26.9 Å². The fraction of sp³-hybridized carbons (Fsp3) is 0.350. The van der Waals surface area contributed by atoms with Crippen molar-refractivity contribution in [1.82, 2.24) is 9.97 Å². The molecule has 7 heteroatoms. The number of rotatable bonds is 4. The Morgan fingerprint density at radius 2 is 1.81 bits per heavy atom. The molecule has 140 valence electrons. The van der Waals surface area contributed by atoms with E-state index in [1.807, 2.05) is 26.0 Å². The second-order valence-corrected chi connectivity index (χ2v) is 7.88. The van der Waals surface area contributed by atoms with Gasteiger partial charge in [0, 0.05) is 24.5 Å². The van der Waals surface area contributed by atoms with Crippen LogP contribution in [0, 0.1) is 13.8 Å². The number of aryl methyl sites for hydroxylation is 2. The molecule has 27 heavy (non-hydrogen) atoms. The third-order valence-corrected chi connectivity index (χ3v) is 6.12. The lowest BCUT2D eigenvalue weighted by Crippen LogP contribution is -2.29. The van der Waals surface area contributed by atoms with Gasteiger partial charge in [-0.3, -0.25) is 0 Å². The van der Waals surface area contributed by atoms with E-state index in [-0.39, 0.29) is 0 Å². The highest BCUT2D eigenvalue weighted by Crippen LogP contribution is 2.35. The number of thiophene rings is 1. The normalized spacial score (nSPS) is 14.5. The highest BCUT2D eigenvalue weighted by Gasteiger charge is 2.19. The Labute approximate surface area is 161 Å². The minimum atomic E-state index is -0.926. The van der Waals surface area contributed by atoms with E-state index in [0.717, 1.165) is 24.2 Å². The second kappa shape index (κ2) is 7.15. The Hall–Kier alpha value is -2.67. The predicted octanol–water partition coefficient (Wildman–Crippen LogP) is 4.74. The van der Waals surface area contributed by atoms with Crippen LogP contribution in [-0.4, -0.2) is 34.1 Å².